The molecule has 0 spiro atoms. The van der Waals surface area contributed by atoms with Crippen molar-refractivity contribution in [1.29, 1.82) is 0 Å². The van der Waals surface area contributed by atoms with E-state index in [4.69, 9.17) is 0 Å². The molecule has 84 valence electrons. The van der Waals surface area contributed by atoms with Gasteiger partial charge in [0.15, 0.2) is 0 Å². The van der Waals surface area contributed by atoms with Gasteiger partial charge in [0, 0.05) is 22.1 Å². The molecule has 0 saturated heterocycles. The predicted octanol–water partition coefficient (Wildman–Crippen LogP) is 3.59. The predicted molar refractivity (Wildman–Crippen MR) is 71.0 cm³/mol. The molecule has 1 heterocycles. The van der Waals surface area contributed by atoms with Gasteiger partial charge in [0.05, 0.1) is 0 Å². The van der Waals surface area contributed by atoms with Crippen molar-refractivity contribution in [3.8, 4) is 0 Å². The van der Waals surface area contributed by atoms with Crippen molar-refractivity contribution in [2.24, 2.45) is 0 Å². The highest BCUT2D eigenvalue weighted by Gasteiger charge is 2.15. The lowest BCUT2D eigenvalue weighted by atomic mass is 9.86. The summed E-state index contributed by atoms with van der Waals surface area (Å²) in [5, 5.41) is 2.01. The minimum absolute atomic E-state index is 0.0644. The Morgan fingerprint density at radius 3 is 2.50 bits per heavy atom. The highest BCUT2D eigenvalue weighted by molar-refractivity contribution is 9.10. The van der Waals surface area contributed by atoms with Crippen LogP contribution in [0.15, 0.2) is 33.7 Å². The number of rotatable bonds is 0. The maximum atomic E-state index is 11.3. The van der Waals surface area contributed by atoms with E-state index < -0.39 is 0 Å². The SMILES string of the molecule is CC(C)(C)c1cc(Br)c2c[nH]c(=O)cc2c1. The van der Waals surface area contributed by atoms with E-state index in [1.807, 2.05) is 0 Å². The van der Waals surface area contributed by atoms with Crippen LogP contribution in [0.25, 0.3) is 10.8 Å². The third-order valence-electron chi connectivity index (χ3n) is 2.67. The number of benzene rings is 1. The van der Waals surface area contributed by atoms with Crippen LogP contribution in [-0.4, -0.2) is 4.98 Å². The van der Waals surface area contributed by atoms with Gasteiger partial charge in [-0.15, -0.1) is 0 Å². The molecule has 0 unspecified atom stereocenters. The Morgan fingerprint density at radius 1 is 1.19 bits per heavy atom. The van der Waals surface area contributed by atoms with Gasteiger partial charge in [-0.05, 0) is 22.4 Å². The van der Waals surface area contributed by atoms with Crippen molar-refractivity contribution in [3.63, 3.8) is 0 Å². The van der Waals surface area contributed by atoms with Gasteiger partial charge >= 0.3 is 0 Å². The third-order valence-corrected chi connectivity index (χ3v) is 3.33. The number of pyridine rings is 1. The summed E-state index contributed by atoms with van der Waals surface area (Å²) in [5.74, 6) is 0. The maximum absolute atomic E-state index is 11.3. The van der Waals surface area contributed by atoms with Gasteiger partial charge < -0.3 is 4.98 Å². The second-order valence-corrected chi connectivity index (χ2v) is 5.86. The van der Waals surface area contributed by atoms with Gasteiger partial charge in [0.25, 0.3) is 0 Å². The first-order chi connectivity index (χ1) is 7.38. The van der Waals surface area contributed by atoms with Crippen molar-refractivity contribution in [2.45, 2.75) is 26.2 Å². The van der Waals surface area contributed by atoms with Crippen molar-refractivity contribution >= 4 is 26.7 Å². The smallest absolute Gasteiger partial charge is 0.248 e. The molecule has 2 rings (SSSR count). The van der Waals surface area contributed by atoms with E-state index in [9.17, 15) is 4.79 Å². The number of hydrogen-bond donors (Lipinski definition) is 1. The molecule has 1 aromatic heterocycles. The molecule has 0 bridgehead atoms. The fourth-order valence-corrected chi connectivity index (χ4v) is 2.26. The second-order valence-electron chi connectivity index (χ2n) is 5.01. The fourth-order valence-electron chi connectivity index (χ4n) is 1.67. The Morgan fingerprint density at radius 2 is 1.88 bits per heavy atom. The first kappa shape index (κ1) is 11.4. The molecule has 0 atom stereocenters. The molecule has 0 radical (unpaired) electrons. The van der Waals surface area contributed by atoms with E-state index in [-0.39, 0.29) is 11.0 Å². The molecular weight excluding hydrogens is 266 g/mol. The molecule has 0 amide bonds. The molecule has 0 fully saturated rings. The van der Waals surface area contributed by atoms with E-state index >= 15 is 0 Å². The minimum Gasteiger partial charge on any atom is -0.328 e. The van der Waals surface area contributed by atoms with Crippen LogP contribution in [0.4, 0.5) is 0 Å². The number of aromatic nitrogens is 1. The van der Waals surface area contributed by atoms with Gasteiger partial charge in [-0.3, -0.25) is 4.79 Å². The molecule has 3 heteroatoms. The van der Waals surface area contributed by atoms with E-state index in [1.165, 1.54) is 5.56 Å². The third kappa shape index (κ3) is 2.05. The summed E-state index contributed by atoms with van der Waals surface area (Å²) < 4.78 is 1.02. The maximum Gasteiger partial charge on any atom is 0.248 e. The summed E-state index contributed by atoms with van der Waals surface area (Å²) in [6.45, 7) is 6.48. The summed E-state index contributed by atoms with van der Waals surface area (Å²) in [4.78, 5) is 14.0. The monoisotopic (exact) mass is 279 g/mol. The lowest BCUT2D eigenvalue weighted by Gasteiger charge is -2.20. The normalized spacial score (nSPS) is 12.0. The number of fused-ring (bicyclic) bond motifs is 1. The van der Waals surface area contributed by atoms with Gasteiger partial charge in [0.1, 0.15) is 0 Å². The number of halogens is 1. The molecule has 2 aromatic rings. The van der Waals surface area contributed by atoms with Gasteiger partial charge in [0.2, 0.25) is 5.56 Å². The summed E-state index contributed by atoms with van der Waals surface area (Å²) >= 11 is 3.54. The zero-order valence-electron chi connectivity index (χ0n) is 9.60. The average molecular weight is 280 g/mol. The van der Waals surface area contributed by atoms with Gasteiger partial charge in [-0.1, -0.05) is 42.8 Å². The molecule has 16 heavy (non-hydrogen) atoms. The lowest BCUT2D eigenvalue weighted by Crippen LogP contribution is -2.11. The number of H-pyrrole nitrogens is 1. The van der Waals surface area contributed by atoms with Crippen LogP contribution in [0.3, 0.4) is 0 Å². The van der Waals surface area contributed by atoms with Crippen molar-refractivity contribution in [1.82, 2.24) is 4.98 Å². The van der Waals surface area contributed by atoms with E-state index in [0.717, 1.165) is 15.2 Å². The highest BCUT2D eigenvalue weighted by atomic mass is 79.9. The topological polar surface area (TPSA) is 32.9 Å². The second kappa shape index (κ2) is 3.74. The summed E-state index contributed by atoms with van der Waals surface area (Å²) in [6, 6.07) is 5.82. The van der Waals surface area contributed by atoms with Crippen LogP contribution in [0.5, 0.6) is 0 Å². The fraction of sp³-hybridized carbons (Fsp3) is 0.308. The zero-order valence-corrected chi connectivity index (χ0v) is 11.2. The van der Waals surface area contributed by atoms with Crippen molar-refractivity contribution < 1.29 is 0 Å². The number of hydrogen-bond acceptors (Lipinski definition) is 1. The Kier molecular flexibility index (Phi) is 2.66. The van der Waals surface area contributed by atoms with Crippen LogP contribution in [0, 0.1) is 0 Å². The van der Waals surface area contributed by atoms with Crippen LogP contribution >= 0.6 is 15.9 Å². The Bertz CT molecular complexity index is 593. The van der Waals surface area contributed by atoms with Crippen LogP contribution in [-0.2, 0) is 5.41 Å². The van der Waals surface area contributed by atoms with Crippen LogP contribution in [0.2, 0.25) is 0 Å². The van der Waals surface area contributed by atoms with E-state index in [2.05, 4.69) is 53.8 Å². The lowest BCUT2D eigenvalue weighted by molar-refractivity contribution is 0.591. The minimum atomic E-state index is -0.0644. The molecular formula is C13H14BrNO. The standard InChI is InChI=1S/C13H14BrNO/c1-13(2,3)9-4-8-5-12(16)15-7-10(8)11(14)6-9/h4-7H,1-3H3,(H,15,16). The van der Waals surface area contributed by atoms with Crippen LogP contribution < -0.4 is 5.56 Å². The number of aromatic amines is 1. The Labute approximate surface area is 103 Å². The Hall–Kier alpha value is -1.09. The molecule has 2 nitrogen and oxygen atoms in total. The molecule has 0 aliphatic rings. The first-order valence-electron chi connectivity index (χ1n) is 5.20. The van der Waals surface area contributed by atoms with Crippen molar-refractivity contribution in [3.05, 3.63) is 44.8 Å². The van der Waals surface area contributed by atoms with Crippen molar-refractivity contribution in [2.75, 3.05) is 0 Å². The summed E-state index contributed by atoms with van der Waals surface area (Å²) in [6.07, 6.45) is 1.74. The number of nitrogens with one attached hydrogen (secondary N) is 1. The Balaban J connectivity index is 2.80. The quantitative estimate of drug-likeness (QED) is 0.786. The van der Waals surface area contributed by atoms with Gasteiger partial charge in [-0.2, -0.15) is 0 Å². The highest BCUT2D eigenvalue weighted by Crippen LogP contribution is 2.30. The molecule has 0 aliphatic heterocycles. The molecule has 0 saturated carbocycles. The molecule has 0 aliphatic carbocycles. The van der Waals surface area contributed by atoms with Gasteiger partial charge in [-0.25, -0.2) is 0 Å². The van der Waals surface area contributed by atoms with E-state index in [0.29, 0.717) is 0 Å². The summed E-state index contributed by atoms with van der Waals surface area (Å²) in [5.41, 5.74) is 1.24. The van der Waals surface area contributed by atoms with Crippen LogP contribution in [0.1, 0.15) is 26.3 Å². The first-order valence-corrected chi connectivity index (χ1v) is 6.00. The van der Waals surface area contributed by atoms with E-state index in [1.54, 1.807) is 12.3 Å². The molecule has 1 aromatic carbocycles. The summed E-state index contributed by atoms with van der Waals surface area (Å²) in [7, 11) is 0. The largest absolute Gasteiger partial charge is 0.328 e. The zero-order chi connectivity index (χ0) is 11.9. The average Bonchev–Trinajstić information content (AvgIpc) is 2.15. The molecule has 1 N–H and O–H groups in total.